The molecule has 1 aromatic heterocycles. The number of benzene rings is 1. The van der Waals surface area contributed by atoms with Gasteiger partial charge in [-0.1, -0.05) is 31.0 Å². The molecule has 0 radical (unpaired) electrons. The maximum absolute atomic E-state index is 13.2. The minimum atomic E-state index is -0.933. The molecule has 1 aliphatic carbocycles. The van der Waals surface area contributed by atoms with E-state index >= 15 is 0 Å². The van der Waals surface area contributed by atoms with Crippen LogP contribution in [0.2, 0.25) is 0 Å². The summed E-state index contributed by atoms with van der Waals surface area (Å²) in [5.74, 6) is -0.169. The Balaban J connectivity index is 1.68. The molecule has 0 bridgehead atoms. The molecule has 3 unspecified atom stereocenters. The summed E-state index contributed by atoms with van der Waals surface area (Å²) in [5.41, 5.74) is 1.02. The third kappa shape index (κ3) is 2.79. The molecule has 1 saturated heterocycles. The van der Waals surface area contributed by atoms with Crippen LogP contribution in [-0.2, 0) is 4.79 Å². The van der Waals surface area contributed by atoms with Crippen LogP contribution in [0.25, 0.3) is 11.5 Å². The Hall–Kier alpha value is -2.63. The van der Waals surface area contributed by atoms with Gasteiger partial charge in [0.25, 0.3) is 5.91 Å². The Morgan fingerprint density at radius 3 is 2.65 bits per heavy atom. The van der Waals surface area contributed by atoms with E-state index in [2.05, 4.69) is 4.98 Å². The first-order chi connectivity index (χ1) is 12.6. The molecule has 3 atom stereocenters. The van der Waals surface area contributed by atoms with Crippen molar-refractivity contribution in [2.45, 2.75) is 51.1 Å². The summed E-state index contributed by atoms with van der Waals surface area (Å²) >= 11 is 0. The first-order valence-electron chi connectivity index (χ1n) is 9.14. The molecule has 2 aromatic rings. The van der Waals surface area contributed by atoms with Gasteiger partial charge in [0.05, 0.1) is 0 Å². The highest BCUT2D eigenvalue weighted by Crippen LogP contribution is 2.40. The molecule has 1 aromatic carbocycles. The predicted octanol–water partition coefficient (Wildman–Crippen LogP) is 3.51. The van der Waals surface area contributed by atoms with E-state index in [4.69, 9.17) is 4.42 Å². The lowest BCUT2D eigenvalue weighted by atomic mass is 9.84. The van der Waals surface area contributed by atoms with Crippen LogP contribution in [0.5, 0.6) is 0 Å². The van der Waals surface area contributed by atoms with Gasteiger partial charge < -0.3 is 14.4 Å². The Labute approximate surface area is 151 Å². The summed E-state index contributed by atoms with van der Waals surface area (Å²) in [4.78, 5) is 31.0. The van der Waals surface area contributed by atoms with Crippen LogP contribution in [0.3, 0.4) is 0 Å². The number of amides is 1. The van der Waals surface area contributed by atoms with Crippen molar-refractivity contribution in [3.63, 3.8) is 0 Å². The van der Waals surface area contributed by atoms with Crippen molar-refractivity contribution in [3.05, 3.63) is 41.8 Å². The molecule has 136 valence electrons. The summed E-state index contributed by atoms with van der Waals surface area (Å²) in [6.07, 6.45) is 4.53. The van der Waals surface area contributed by atoms with Crippen LogP contribution in [0.1, 0.15) is 48.4 Å². The highest BCUT2D eigenvalue weighted by atomic mass is 16.4. The molecule has 2 fully saturated rings. The standard InChI is InChI=1S/C20H22N2O4/c1-12-17(21-18(26-12)13-7-3-2-4-8-13)19(23)22-15-10-6-5-9-14(15)11-16(22)20(24)25/h2-4,7-8,14-16H,5-6,9-11H2,1H3,(H,24,25). The second-order valence-electron chi connectivity index (χ2n) is 7.20. The molecular formula is C20H22N2O4. The van der Waals surface area contributed by atoms with E-state index < -0.39 is 12.0 Å². The van der Waals surface area contributed by atoms with E-state index in [0.717, 1.165) is 31.2 Å². The number of hydrogen-bond donors (Lipinski definition) is 1. The van der Waals surface area contributed by atoms with Gasteiger partial charge in [0.1, 0.15) is 11.8 Å². The number of carboxylic acid groups (broad SMARTS) is 1. The number of carbonyl (C=O) groups excluding carboxylic acids is 1. The van der Waals surface area contributed by atoms with E-state index in [1.807, 2.05) is 30.3 Å². The Morgan fingerprint density at radius 1 is 1.19 bits per heavy atom. The minimum absolute atomic E-state index is 0.00590. The maximum atomic E-state index is 13.2. The molecule has 1 saturated carbocycles. The normalized spacial score (nSPS) is 25.1. The van der Waals surface area contributed by atoms with Gasteiger partial charge in [0.15, 0.2) is 5.69 Å². The van der Waals surface area contributed by atoms with Crippen molar-refractivity contribution < 1.29 is 19.1 Å². The first kappa shape index (κ1) is 16.8. The average molecular weight is 354 g/mol. The summed E-state index contributed by atoms with van der Waals surface area (Å²) in [7, 11) is 0. The summed E-state index contributed by atoms with van der Waals surface area (Å²) in [6.45, 7) is 1.71. The van der Waals surface area contributed by atoms with Gasteiger partial charge in [-0.15, -0.1) is 0 Å². The lowest BCUT2D eigenvalue weighted by Gasteiger charge is -2.32. The van der Waals surface area contributed by atoms with Crippen molar-refractivity contribution in [3.8, 4) is 11.5 Å². The fourth-order valence-electron chi connectivity index (χ4n) is 4.39. The van der Waals surface area contributed by atoms with Crippen molar-refractivity contribution in [2.75, 3.05) is 0 Å². The molecule has 1 amide bonds. The maximum Gasteiger partial charge on any atom is 0.326 e. The monoisotopic (exact) mass is 354 g/mol. The minimum Gasteiger partial charge on any atom is -0.480 e. The number of rotatable bonds is 3. The number of likely N-dealkylation sites (tertiary alicyclic amines) is 1. The number of aryl methyl sites for hydroxylation is 1. The van der Waals surface area contributed by atoms with E-state index in [0.29, 0.717) is 18.1 Å². The number of aliphatic carboxylic acids is 1. The predicted molar refractivity (Wildman–Crippen MR) is 94.6 cm³/mol. The van der Waals surface area contributed by atoms with Gasteiger partial charge >= 0.3 is 5.97 Å². The number of carbonyl (C=O) groups is 2. The molecule has 1 aliphatic heterocycles. The Morgan fingerprint density at radius 2 is 1.92 bits per heavy atom. The van der Waals surface area contributed by atoms with Crippen LogP contribution < -0.4 is 0 Å². The molecule has 0 spiro atoms. The zero-order valence-electron chi connectivity index (χ0n) is 14.7. The fraction of sp³-hybridized carbons (Fsp3) is 0.450. The van der Waals surface area contributed by atoms with E-state index in [-0.39, 0.29) is 23.6 Å². The van der Waals surface area contributed by atoms with E-state index in [1.54, 1.807) is 11.8 Å². The summed E-state index contributed by atoms with van der Waals surface area (Å²) in [5, 5.41) is 9.64. The van der Waals surface area contributed by atoms with Crippen molar-refractivity contribution in [2.24, 2.45) is 5.92 Å². The SMILES string of the molecule is Cc1oc(-c2ccccc2)nc1C(=O)N1C(C(=O)O)CC2CCCCC21. The molecular weight excluding hydrogens is 332 g/mol. The number of nitrogens with zero attached hydrogens (tertiary/aromatic N) is 2. The summed E-state index contributed by atoms with van der Waals surface area (Å²) < 4.78 is 5.71. The molecule has 6 nitrogen and oxygen atoms in total. The van der Waals surface area contributed by atoms with Gasteiger partial charge in [-0.2, -0.15) is 0 Å². The Kier molecular flexibility index (Phi) is 4.26. The van der Waals surface area contributed by atoms with Gasteiger partial charge in [0.2, 0.25) is 5.89 Å². The van der Waals surface area contributed by atoms with Gasteiger partial charge in [-0.25, -0.2) is 9.78 Å². The zero-order valence-corrected chi connectivity index (χ0v) is 14.7. The topological polar surface area (TPSA) is 83.6 Å². The number of fused-ring (bicyclic) bond motifs is 1. The van der Waals surface area contributed by atoms with Gasteiger partial charge in [-0.3, -0.25) is 4.79 Å². The molecule has 26 heavy (non-hydrogen) atoms. The highest BCUT2D eigenvalue weighted by molar-refractivity contribution is 5.97. The van der Waals surface area contributed by atoms with Crippen LogP contribution in [-0.4, -0.2) is 39.0 Å². The number of hydrogen-bond acceptors (Lipinski definition) is 4. The summed E-state index contributed by atoms with van der Waals surface area (Å²) in [6, 6.07) is 8.61. The van der Waals surface area contributed by atoms with Crippen molar-refractivity contribution in [1.29, 1.82) is 0 Å². The molecule has 6 heteroatoms. The zero-order chi connectivity index (χ0) is 18.3. The number of aromatic nitrogens is 1. The quantitative estimate of drug-likeness (QED) is 0.912. The molecule has 2 heterocycles. The second kappa shape index (κ2) is 6.59. The lowest BCUT2D eigenvalue weighted by Crippen LogP contribution is -2.46. The molecule has 2 aliphatic rings. The number of oxazole rings is 1. The smallest absolute Gasteiger partial charge is 0.326 e. The lowest BCUT2D eigenvalue weighted by molar-refractivity contribution is -0.141. The van der Waals surface area contributed by atoms with Gasteiger partial charge in [-0.05, 0) is 44.2 Å². The van der Waals surface area contributed by atoms with Crippen molar-refractivity contribution in [1.82, 2.24) is 9.88 Å². The third-order valence-electron chi connectivity index (χ3n) is 5.63. The van der Waals surface area contributed by atoms with Gasteiger partial charge in [0, 0.05) is 11.6 Å². The van der Waals surface area contributed by atoms with Crippen molar-refractivity contribution >= 4 is 11.9 Å². The molecule has 4 rings (SSSR count). The molecule has 1 N–H and O–H groups in total. The number of carboxylic acids is 1. The van der Waals surface area contributed by atoms with Crippen LogP contribution >= 0.6 is 0 Å². The average Bonchev–Trinajstić information content (AvgIpc) is 3.23. The van der Waals surface area contributed by atoms with Crippen LogP contribution in [0.4, 0.5) is 0 Å². The fourth-order valence-corrected chi connectivity index (χ4v) is 4.39. The van der Waals surface area contributed by atoms with Crippen LogP contribution in [0.15, 0.2) is 34.7 Å². The first-order valence-corrected chi connectivity index (χ1v) is 9.14. The highest BCUT2D eigenvalue weighted by Gasteiger charge is 2.48. The van der Waals surface area contributed by atoms with E-state index in [9.17, 15) is 14.7 Å². The van der Waals surface area contributed by atoms with Crippen LogP contribution in [0, 0.1) is 12.8 Å². The third-order valence-corrected chi connectivity index (χ3v) is 5.63. The second-order valence-corrected chi connectivity index (χ2v) is 7.20. The Bertz CT molecular complexity index is 830. The van der Waals surface area contributed by atoms with E-state index in [1.165, 1.54) is 0 Å². The largest absolute Gasteiger partial charge is 0.480 e.